The zero-order valence-corrected chi connectivity index (χ0v) is 13.5. The lowest BCUT2D eigenvalue weighted by Gasteiger charge is -2.07. The Morgan fingerprint density at radius 3 is 2.95 bits per heavy atom. The number of nitrogens with two attached hydrogens (primary N) is 1. The van der Waals surface area contributed by atoms with Gasteiger partial charge in [0.2, 0.25) is 0 Å². The molecule has 21 heavy (non-hydrogen) atoms. The Morgan fingerprint density at radius 2 is 2.29 bits per heavy atom. The van der Waals surface area contributed by atoms with Gasteiger partial charge < -0.3 is 21.1 Å². The van der Waals surface area contributed by atoms with E-state index < -0.39 is 0 Å². The number of hydrogen-bond acceptors (Lipinski definition) is 6. The standard InChI is InChI=1S/C14H24N4O2S/c1-9(2)8-20-7-3-6-16-13(19)11-12(15)18-14(21-11)17-10-4-5-10/h9-10H,3-8,15H2,1-2H3,(H,16,19)(H,17,18). The van der Waals surface area contributed by atoms with E-state index in [9.17, 15) is 4.79 Å². The van der Waals surface area contributed by atoms with Crippen molar-refractivity contribution in [2.45, 2.75) is 39.2 Å². The highest BCUT2D eigenvalue weighted by Gasteiger charge is 2.24. The molecule has 6 nitrogen and oxygen atoms in total. The second-order valence-corrected chi connectivity index (χ2v) is 6.73. The normalized spacial score (nSPS) is 14.4. The monoisotopic (exact) mass is 312 g/mol. The molecular formula is C14H24N4O2S. The first-order chi connectivity index (χ1) is 10.1. The van der Waals surface area contributed by atoms with Gasteiger partial charge in [0.1, 0.15) is 10.7 Å². The van der Waals surface area contributed by atoms with Crippen molar-refractivity contribution in [3.8, 4) is 0 Å². The average Bonchev–Trinajstić information content (AvgIpc) is 3.15. The summed E-state index contributed by atoms with van der Waals surface area (Å²) < 4.78 is 5.47. The third kappa shape index (κ3) is 5.51. The number of carbonyl (C=O) groups excluding carboxylic acids is 1. The molecule has 0 aromatic carbocycles. The number of rotatable bonds is 9. The zero-order valence-electron chi connectivity index (χ0n) is 12.6. The Kier molecular flexibility index (Phi) is 5.81. The lowest BCUT2D eigenvalue weighted by molar-refractivity contribution is 0.0929. The van der Waals surface area contributed by atoms with E-state index in [-0.39, 0.29) is 5.91 Å². The molecule has 0 unspecified atom stereocenters. The predicted molar refractivity (Wildman–Crippen MR) is 85.8 cm³/mol. The molecule has 1 aliphatic carbocycles. The molecule has 7 heteroatoms. The maximum absolute atomic E-state index is 12.0. The Morgan fingerprint density at radius 1 is 1.52 bits per heavy atom. The molecule has 0 radical (unpaired) electrons. The van der Waals surface area contributed by atoms with Gasteiger partial charge in [-0.3, -0.25) is 4.79 Å². The SMILES string of the molecule is CC(C)COCCCNC(=O)c1sc(NC2CC2)nc1N. The van der Waals surface area contributed by atoms with Crippen LogP contribution < -0.4 is 16.4 Å². The predicted octanol–water partition coefficient (Wildman–Crippen LogP) is 2.09. The summed E-state index contributed by atoms with van der Waals surface area (Å²) in [7, 11) is 0. The second-order valence-electron chi connectivity index (χ2n) is 5.73. The number of nitrogens with zero attached hydrogens (tertiary/aromatic N) is 1. The summed E-state index contributed by atoms with van der Waals surface area (Å²) in [5, 5.41) is 6.84. The highest BCUT2D eigenvalue weighted by atomic mass is 32.1. The summed E-state index contributed by atoms with van der Waals surface area (Å²) in [6.45, 7) is 6.22. The lowest BCUT2D eigenvalue weighted by atomic mass is 10.2. The van der Waals surface area contributed by atoms with Crippen LogP contribution in [0.5, 0.6) is 0 Å². The minimum absolute atomic E-state index is 0.155. The molecule has 0 aliphatic heterocycles. The molecule has 1 heterocycles. The van der Waals surface area contributed by atoms with Crippen LogP contribution in [0.2, 0.25) is 0 Å². The third-order valence-electron chi connectivity index (χ3n) is 2.97. The van der Waals surface area contributed by atoms with Crippen molar-refractivity contribution in [2.75, 3.05) is 30.8 Å². The highest BCUT2D eigenvalue weighted by Crippen LogP contribution is 2.30. The quantitative estimate of drug-likeness (QED) is 0.608. The fourth-order valence-corrected chi connectivity index (χ4v) is 2.61. The van der Waals surface area contributed by atoms with Gasteiger partial charge in [-0.1, -0.05) is 25.2 Å². The van der Waals surface area contributed by atoms with Gasteiger partial charge in [-0.05, 0) is 25.2 Å². The minimum atomic E-state index is -0.155. The van der Waals surface area contributed by atoms with Crippen molar-refractivity contribution in [1.29, 1.82) is 0 Å². The molecule has 1 aromatic heterocycles. The highest BCUT2D eigenvalue weighted by molar-refractivity contribution is 7.18. The smallest absolute Gasteiger partial charge is 0.265 e. The van der Waals surface area contributed by atoms with Crippen LogP contribution in [0.15, 0.2) is 0 Å². The molecule has 2 rings (SSSR count). The van der Waals surface area contributed by atoms with Crippen molar-refractivity contribution in [3.63, 3.8) is 0 Å². The van der Waals surface area contributed by atoms with Crippen LogP contribution in [0.1, 0.15) is 42.8 Å². The maximum Gasteiger partial charge on any atom is 0.265 e. The van der Waals surface area contributed by atoms with E-state index in [4.69, 9.17) is 10.5 Å². The molecular weight excluding hydrogens is 288 g/mol. The van der Waals surface area contributed by atoms with Gasteiger partial charge in [0.15, 0.2) is 5.13 Å². The van der Waals surface area contributed by atoms with Crippen LogP contribution in [-0.2, 0) is 4.74 Å². The van der Waals surface area contributed by atoms with Crippen molar-refractivity contribution in [2.24, 2.45) is 5.92 Å². The average molecular weight is 312 g/mol. The number of nitrogen functional groups attached to an aromatic ring is 1. The Labute approximate surface area is 129 Å². The van der Waals surface area contributed by atoms with E-state index in [2.05, 4.69) is 29.5 Å². The molecule has 1 saturated carbocycles. The maximum atomic E-state index is 12.0. The van der Waals surface area contributed by atoms with Gasteiger partial charge in [0.25, 0.3) is 5.91 Å². The summed E-state index contributed by atoms with van der Waals surface area (Å²) >= 11 is 1.32. The van der Waals surface area contributed by atoms with Crippen molar-refractivity contribution >= 4 is 28.2 Å². The molecule has 0 saturated heterocycles. The molecule has 4 N–H and O–H groups in total. The number of hydrogen-bond donors (Lipinski definition) is 3. The number of aromatic nitrogens is 1. The number of carbonyl (C=O) groups is 1. The van der Waals surface area contributed by atoms with Crippen LogP contribution in [0.25, 0.3) is 0 Å². The number of amides is 1. The summed E-state index contributed by atoms with van der Waals surface area (Å²) in [6.07, 6.45) is 3.12. The molecule has 0 bridgehead atoms. The van der Waals surface area contributed by atoms with Crippen molar-refractivity contribution in [3.05, 3.63) is 4.88 Å². The largest absolute Gasteiger partial charge is 0.382 e. The van der Waals surface area contributed by atoms with Crippen LogP contribution in [0.4, 0.5) is 10.9 Å². The molecule has 1 amide bonds. The minimum Gasteiger partial charge on any atom is -0.382 e. The molecule has 1 aromatic rings. The first kappa shape index (κ1) is 16.0. The summed E-state index contributed by atoms with van der Waals surface area (Å²) in [5.74, 6) is 0.684. The summed E-state index contributed by atoms with van der Waals surface area (Å²) in [4.78, 5) is 16.7. The van der Waals surface area contributed by atoms with E-state index in [1.165, 1.54) is 11.3 Å². The number of nitrogens with one attached hydrogen (secondary N) is 2. The van der Waals surface area contributed by atoms with Crippen molar-refractivity contribution in [1.82, 2.24) is 10.3 Å². The molecule has 118 valence electrons. The van der Waals surface area contributed by atoms with Crippen LogP contribution >= 0.6 is 11.3 Å². The van der Waals surface area contributed by atoms with Gasteiger partial charge in [0.05, 0.1) is 0 Å². The lowest BCUT2D eigenvalue weighted by Crippen LogP contribution is -2.25. The van der Waals surface area contributed by atoms with E-state index in [1.54, 1.807) is 0 Å². The topological polar surface area (TPSA) is 89.3 Å². The fourth-order valence-electron chi connectivity index (χ4n) is 1.73. The summed E-state index contributed by atoms with van der Waals surface area (Å²) in [6, 6.07) is 0.504. The molecule has 1 aliphatic rings. The first-order valence-electron chi connectivity index (χ1n) is 7.45. The fraction of sp³-hybridized carbons (Fsp3) is 0.714. The Bertz CT molecular complexity index is 472. The number of ether oxygens (including phenoxy) is 1. The van der Waals surface area contributed by atoms with Crippen LogP contribution in [0.3, 0.4) is 0 Å². The van der Waals surface area contributed by atoms with Crippen LogP contribution in [0, 0.1) is 5.92 Å². The molecule has 0 atom stereocenters. The van der Waals surface area contributed by atoms with E-state index in [0.29, 0.717) is 35.8 Å². The van der Waals surface area contributed by atoms with Crippen LogP contribution in [-0.4, -0.2) is 36.7 Å². The van der Waals surface area contributed by atoms with Gasteiger partial charge >= 0.3 is 0 Å². The third-order valence-corrected chi connectivity index (χ3v) is 3.97. The zero-order chi connectivity index (χ0) is 15.2. The van der Waals surface area contributed by atoms with Gasteiger partial charge in [0, 0.05) is 25.8 Å². The Balaban J connectivity index is 1.68. The van der Waals surface area contributed by atoms with Crippen molar-refractivity contribution < 1.29 is 9.53 Å². The number of anilines is 2. The van der Waals surface area contributed by atoms with Gasteiger partial charge in [-0.2, -0.15) is 0 Å². The van der Waals surface area contributed by atoms with E-state index in [0.717, 1.165) is 31.0 Å². The molecule has 0 spiro atoms. The first-order valence-corrected chi connectivity index (χ1v) is 8.26. The number of thiazole rings is 1. The summed E-state index contributed by atoms with van der Waals surface area (Å²) in [5.41, 5.74) is 5.80. The Hall–Kier alpha value is -1.34. The van der Waals surface area contributed by atoms with Gasteiger partial charge in [-0.15, -0.1) is 0 Å². The molecule has 1 fully saturated rings. The second kappa shape index (κ2) is 7.61. The van der Waals surface area contributed by atoms with E-state index >= 15 is 0 Å². The van der Waals surface area contributed by atoms with Gasteiger partial charge in [-0.25, -0.2) is 4.98 Å². The van der Waals surface area contributed by atoms with E-state index in [1.807, 2.05) is 0 Å².